The summed E-state index contributed by atoms with van der Waals surface area (Å²) in [5.41, 5.74) is -1.91. The predicted octanol–water partition coefficient (Wildman–Crippen LogP) is 1.97. The van der Waals surface area contributed by atoms with Crippen molar-refractivity contribution in [2.24, 2.45) is 5.41 Å². The van der Waals surface area contributed by atoms with Crippen molar-refractivity contribution < 1.29 is 19.4 Å². The number of hydrogen-bond acceptors (Lipinski definition) is 3. The first-order valence-electron chi connectivity index (χ1n) is 5.25. The van der Waals surface area contributed by atoms with Gasteiger partial charge < -0.3 is 9.84 Å². The molecule has 15 heavy (non-hydrogen) atoms. The molecule has 0 spiro atoms. The van der Waals surface area contributed by atoms with Crippen molar-refractivity contribution in [2.75, 3.05) is 0 Å². The van der Waals surface area contributed by atoms with Crippen LogP contribution >= 0.6 is 0 Å². The molecule has 0 saturated heterocycles. The number of rotatable bonds is 2. The van der Waals surface area contributed by atoms with Crippen LogP contribution in [0.15, 0.2) is 0 Å². The Bertz CT molecular complexity index is 269. The van der Waals surface area contributed by atoms with E-state index < -0.39 is 23.0 Å². The molecule has 0 heterocycles. The van der Waals surface area contributed by atoms with Crippen LogP contribution in [0.2, 0.25) is 0 Å². The molecule has 0 amide bonds. The van der Waals surface area contributed by atoms with Gasteiger partial charge in [-0.05, 0) is 33.6 Å². The van der Waals surface area contributed by atoms with Crippen LogP contribution < -0.4 is 0 Å². The second kappa shape index (κ2) is 3.83. The SMILES string of the molecule is CC(C)(C)OC(=O)C1(C(=O)O)CCCC1. The Labute approximate surface area is 89.6 Å². The smallest absolute Gasteiger partial charge is 0.323 e. The maximum absolute atomic E-state index is 11.8. The number of esters is 1. The zero-order valence-electron chi connectivity index (χ0n) is 9.50. The van der Waals surface area contributed by atoms with Crippen molar-refractivity contribution in [3.05, 3.63) is 0 Å². The molecule has 0 bridgehead atoms. The van der Waals surface area contributed by atoms with Gasteiger partial charge in [-0.2, -0.15) is 0 Å². The summed E-state index contributed by atoms with van der Waals surface area (Å²) in [4.78, 5) is 23.0. The quantitative estimate of drug-likeness (QED) is 0.564. The molecule has 4 nitrogen and oxygen atoms in total. The van der Waals surface area contributed by atoms with E-state index >= 15 is 0 Å². The van der Waals surface area contributed by atoms with Crippen LogP contribution in [0.5, 0.6) is 0 Å². The molecule has 0 aromatic carbocycles. The fraction of sp³-hybridized carbons (Fsp3) is 0.818. The van der Waals surface area contributed by atoms with Crippen molar-refractivity contribution in [1.29, 1.82) is 0 Å². The third-order valence-electron chi connectivity index (χ3n) is 2.66. The maximum Gasteiger partial charge on any atom is 0.323 e. The second-order valence-corrected chi connectivity index (χ2v) is 5.10. The molecule has 86 valence electrons. The van der Waals surface area contributed by atoms with Crippen molar-refractivity contribution in [3.8, 4) is 0 Å². The number of ether oxygens (including phenoxy) is 1. The summed E-state index contributed by atoms with van der Waals surface area (Å²) in [6.45, 7) is 5.24. The van der Waals surface area contributed by atoms with Gasteiger partial charge in [0.15, 0.2) is 5.41 Å². The number of aliphatic carboxylic acids is 1. The van der Waals surface area contributed by atoms with E-state index in [4.69, 9.17) is 9.84 Å². The molecule has 1 rings (SSSR count). The van der Waals surface area contributed by atoms with E-state index in [1.54, 1.807) is 20.8 Å². The summed E-state index contributed by atoms with van der Waals surface area (Å²) in [7, 11) is 0. The Kier molecular flexibility index (Phi) is 3.07. The minimum atomic E-state index is -1.28. The van der Waals surface area contributed by atoms with E-state index in [0.717, 1.165) is 12.8 Å². The summed E-state index contributed by atoms with van der Waals surface area (Å²) in [6, 6.07) is 0. The second-order valence-electron chi connectivity index (χ2n) is 5.10. The minimum Gasteiger partial charge on any atom is -0.480 e. The molecule has 0 unspecified atom stereocenters. The Morgan fingerprint density at radius 1 is 1.20 bits per heavy atom. The van der Waals surface area contributed by atoms with E-state index in [2.05, 4.69) is 0 Å². The van der Waals surface area contributed by atoms with Crippen molar-refractivity contribution >= 4 is 11.9 Å². The number of hydrogen-bond donors (Lipinski definition) is 1. The fourth-order valence-corrected chi connectivity index (χ4v) is 1.86. The average Bonchev–Trinajstić information content (AvgIpc) is 2.48. The van der Waals surface area contributed by atoms with Crippen LogP contribution in [0.25, 0.3) is 0 Å². The van der Waals surface area contributed by atoms with Crippen molar-refractivity contribution in [1.82, 2.24) is 0 Å². The van der Waals surface area contributed by atoms with Crippen molar-refractivity contribution in [3.63, 3.8) is 0 Å². The fourth-order valence-electron chi connectivity index (χ4n) is 1.86. The van der Waals surface area contributed by atoms with Crippen molar-refractivity contribution in [2.45, 2.75) is 52.1 Å². The zero-order chi connectivity index (χ0) is 11.7. The normalized spacial score (nSPS) is 19.9. The van der Waals surface area contributed by atoms with Gasteiger partial charge in [0.05, 0.1) is 0 Å². The number of carboxylic acid groups (broad SMARTS) is 1. The topological polar surface area (TPSA) is 63.6 Å². The van der Waals surface area contributed by atoms with Gasteiger partial charge in [-0.25, -0.2) is 0 Å². The van der Waals surface area contributed by atoms with Gasteiger partial charge in [0.1, 0.15) is 5.60 Å². The molecule has 1 aliphatic carbocycles. The monoisotopic (exact) mass is 214 g/mol. The highest BCUT2D eigenvalue weighted by molar-refractivity contribution is 5.99. The molecular formula is C11H18O4. The summed E-state index contributed by atoms with van der Waals surface area (Å²) in [5.74, 6) is -1.63. The molecular weight excluding hydrogens is 196 g/mol. The van der Waals surface area contributed by atoms with Gasteiger partial charge in [-0.3, -0.25) is 9.59 Å². The lowest BCUT2D eigenvalue weighted by molar-refractivity contribution is -0.176. The van der Waals surface area contributed by atoms with Gasteiger partial charge >= 0.3 is 11.9 Å². The lowest BCUT2D eigenvalue weighted by Crippen LogP contribution is -2.41. The highest BCUT2D eigenvalue weighted by Gasteiger charge is 2.50. The van der Waals surface area contributed by atoms with Crippen LogP contribution in [0.3, 0.4) is 0 Å². The molecule has 0 aliphatic heterocycles. The summed E-state index contributed by atoms with van der Waals surface area (Å²) in [6.07, 6.45) is 2.37. The van der Waals surface area contributed by atoms with Crippen LogP contribution in [0.4, 0.5) is 0 Å². The van der Waals surface area contributed by atoms with Crippen LogP contribution in [-0.2, 0) is 14.3 Å². The third kappa shape index (κ3) is 2.49. The lowest BCUT2D eigenvalue weighted by Gasteiger charge is -2.27. The Balaban J connectivity index is 2.82. The predicted molar refractivity (Wildman–Crippen MR) is 54.4 cm³/mol. The lowest BCUT2D eigenvalue weighted by atomic mass is 9.86. The van der Waals surface area contributed by atoms with Crippen LogP contribution in [-0.4, -0.2) is 22.6 Å². The third-order valence-corrected chi connectivity index (χ3v) is 2.66. The summed E-state index contributed by atoms with van der Waals surface area (Å²) < 4.78 is 5.17. The Hall–Kier alpha value is -1.06. The Morgan fingerprint density at radius 2 is 1.67 bits per heavy atom. The standard InChI is InChI=1S/C11H18O4/c1-10(2,3)15-9(14)11(8(12)13)6-4-5-7-11/h4-7H2,1-3H3,(H,12,13). The molecule has 1 N–H and O–H groups in total. The molecule has 1 aliphatic rings. The average molecular weight is 214 g/mol. The Morgan fingerprint density at radius 3 is 2.00 bits per heavy atom. The first kappa shape index (κ1) is 12.0. The zero-order valence-corrected chi connectivity index (χ0v) is 9.50. The maximum atomic E-state index is 11.8. The van der Waals surface area contributed by atoms with E-state index in [-0.39, 0.29) is 0 Å². The molecule has 0 aromatic heterocycles. The van der Waals surface area contributed by atoms with Gasteiger partial charge in [-0.1, -0.05) is 12.8 Å². The number of carboxylic acids is 1. The van der Waals surface area contributed by atoms with Crippen LogP contribution in [0.1, 0.15) is 46.5 Å². The van der Waals surface area contributed by atoms with E-state index in [9.17, 15) is 9.59 Å². The van der Waals surface area contributed by atoms with E-state index in [1.807, 2.05) is 0 Å². The van der Waals surface area contributed by atoms with Gasteiger partial charge in [0.2, 0.25) is 0 Å². The first-order chi connectivity index (χ1) is 6.78. The van der Waals surface area contributed by atoms with E-state index in [0.29, 0.717) is 12.8 Å². The number of carbonyl (C=O) groups is 2. The minimum absolute atomic E-state index is 0.400. The molecule has 0 atom stereocenters. The highest BCUT2D eigenvalue weighted by atomic mass is 16.6. The van der Waals surface area contributed by atoms with Gasteiger partial charge in [-0.15, -0.1) is 0 Å². The van der Waals surface area contributed by atoms with E-state index in [1.165, 1.54) is 0 Å². The first-order valence-corrected chi connectivity index (χ1v) is 5.25. The summed E-state index contributed by atoms with van der Waals surface area (Å²) >= 11 is 0. The number of carbonyl (C=O) groups excluding carboxylic acids is 1. The molecule has 1 saturated carbocycles. The largest absolute Gasteiger partial charge is 0.480 e. The molecule has 1 fully saturated rings. The molecule has 0 aromatic rings. The van der Waals surface area contributed by atoms with Crippen LogP contribution in [0, 0.1) is 5.41 Å². The summed E-state index contributed by atoms with van der Waals surface area (Å²) in [5, 5.41) is 9.13. The molecule has 0 radical (unpaired) electrons. The highest BCUT2D eigenvalue weighted by Crippen LogP contribution is 2.40. The van der Waals surface area contributed by atoms with Gasteiger partial charge in [0, 0.05) is 0 Å². The van der Waals surface area contributed by atoms with Gasteiger partial charge in [0.25, 0.3) is 0 Å². The molecule has 4 heteroatoms.